The number of hydrogen-bond acceptors (Lipinski definition) is 2. The summed E-state index contributed by atoms with van der Waals surface area (Å²) in [4.78, 5) is 8.83. The average Bonchev–Trinajstić information content (AvgIpc) is 2.90. The van der Waals surface area contributed by atoms with Crippen LogP contribution in [-0.4, -0.2) is 10.7 Å². The summed E-state index contributed by atoms with van der Waals surface area (Å²) in [5, 5.41) is 0. The van der Waals surface area contributed by atoms with E-state index in [1.165, 1.54) is 16.7 Å². The highest BCUT2D eigenvalue weighted by Gasteiger charge is 2.12. The molecule has 20 heavy (non-hydrogen) atoms. The molecule has 0 amide bonds. The van der Waals surface area contributed by atoms with Gasteiger partial charge in [0.1, 0.15) is 0 Å². The van der Waals surface area contributed by atoms with Gasteiger partial charge in [-0.2, -0.15) is 0 Å². The Morgan fingerprint density at radius 3 is 2.65 bits per heavy atom. The molecule has 0 spiro atoms. The van der Waals surface area contributed by atoms with E-state index in [9.17, 15) is 0 Å². The van der Waals surface area contributed by atoms with Gasteiger partial charge in [-0.3, -0.25) is 9.98 Å². The van der Waals surface area contributed by atoms with Crippen LogP contribution in [0.25, 0.3) is 6.08 Å². The molecule has 1 aliphatic rings. The molecule has 1 aliphatic heterocycles. The topological polar surface area (TPSA) is 25.2 Å². The fourth-order valence-corrected chi connectivity index (χ4v) is 2.10. The van der Waals surface area contributed by atoms with Crippen molar-refractivity contribution in [1.82, 2.24) is 4.98 Å². The van der Waals surface area contributed by atoms with E-state index in [4.69, 9.17) is 0 Å². The zero-order chi connectivity index (χ0) is 14.4. The summed E-state index contributed by atoms with van der Waals surface area (Å²) < 4.78 is 0. The number of allylic oxidation sites excluding steroid dienone is 1. The Balaban J connectivity index is 0.000000704. The fraction of sp³-hybridized carbons (Fsp3) is 0.222. The molecule has 102 valence electrons. The molecule has 0 saturated heterocycles. The van der Waals surface area contributed by atoms with Gasteiger partial charge in [-0.15, -0.1) is 0 Å². The summed E-state index contributed by atoms with van der Waals surface area (Å²) in [5.74, 6) is 0. The molecule has 0 unspecified atom stereocenters. The molecule has 0 fully saturated rings. The largest absolute Gasteiger partial charge is 0.280 e. The number of rotatable bonds is 2. The van der Waals surface area contributed by atoms with Crippen LogP contribution in [0.5, 0.6) is 0 Å². The standard InChI is InChI=1S/C16H14N2.C2H6/c1-12-5-6-13-11-18-16(15(13)10-12)8-7-14-4-2-3-9-17-14;1-2/h2-10H,11H2,1H3;1-2H3/b8-7+;. The minimum Gasteiger partial charge on any atom is -0.280 e. The van der Waals surface area contributed by atoms with E-state index in [0.717, 1.165) is 18.0 Å². The smallest absolute Gasteiger partial charge is 0.0655 e. The van der Waals surface area contributed by atoms with Crippen molar-refractivity contribution in [3.8, 4) is 0 Å². The number of pyridine rings is 1. The number of aryl methyl sites for hydroxylation is 1. The van der Waals surface area contributed by atoms with Crippen molar-refractivity contribution < 1.29 is 0 Å². The Labute approximate surface area is 120 Å². The van der Waals surface area contributed by atoms with Crippen LogP contribution < -0.4 is 0 Å². The molecule has 0 bridgehead atoms. The lowest BCUT2D eigenvalue weighted by molar-refractivity contribution is 1.11. The van der Waals surface area contributed by atoms with E-state index in [0.29, 0.717) is 0 Å². The Morgan fingerprint density at radius 2 is 1.90 bits per heavy atom. The molecule has 0 aliphatic carbocycles. The second-order valence-electron chi connectivity index (χ2n) is 4.45. The molecule has 2 nitrogen and oxygen atoms in total. The number of aliphatic imine (C=N–C) groups is 1. The third kappa shape index (κ3) is 3.21. The molecule has 1 aromatic heterocycles. The molecular weight excluding hydrogens is 244 g/mol. The summed E-state index contributed by atoms with van der Waals surface area (Å²) in [6.45, 7) is 6.90. The minimum atomic E-state index is 0.789. The summed E-state index contributed by atoms with van der Waals surface area (Å²) in [7, 11) is 0. The maximum atomic E-state index is 4.56. The molecule has 0 atom stereocenters. The second kappa shape index (κ2) is 6.80. The van der Waals surface area contributed by atoms with Crippen molar-refractivity contribution in [2.24, 2.45) is 4.99 Å². The predicted octanol–water partition coefficient (Wildman–Crippen LogP) is 4.43. The van der Waals surface area contributed by atoms with Gasteiger partial charge in [0.25, 0.3) is 0 Å². The zero-order valence-electron chi connectivity index (χ0n) is 12.3. The first-order valence-electron chi connectivity index (χ1n) is 7.06. The van der Waals surface area contributed by atoms with Gasteiger partial charge in [0.2, 0.25) is 0 Å². The molecule has 2 aromatic rings. The van der Waals surface area contributed by atoms with Gasteiger partial charge in [-0.25, -0.2) is 0 Å². The molecule has 2 heterocycles. The SMILES string of the molecule is CC.Cc1ccc2c(c1)C(/C=C/c1ccccn1)=NC2. The van der Waals surface area contributed by atoms with E-state index in [1.54, 1.807) is 6.20 Å². The third-order valence-electron chi connectivity index (χ3n) is 3.06. The van der Waals surface area contributed by atoms with E-state index >= 15 is 0 Å². The van der Waals surface area contributed by atoms with Crippen LogP contribution in [0.15, 0.2) is 53.7 Å². The first-order valence-corrected chi connectivity index (χ1v) is 7.06. The lowest BCUT2D eigenvalue weighted by Crippen LogP contribution is -1.94. The van der Waals surface area contributed by atoms with Gasteiger partial charge >= 0.3 is 0 Å². The Morgan fingerprint density at radius 1 is 1.05 bits per heavy atom. The van der Waals surface area contributed by atoms with Gasteiger partial charge in [-0.05, 0) is 42.8 Å². The zero-order valence-corrected chi connectivity index (χ0v) is 12.3. The van der Waals surface area contributed by atoms with Crippen molar-refractivity contribution >= 4 is 11.8 Å². The van der Waals surface area contributed by atoms with Crippen molar-refractivity contribution in [1.29, 1.82) is 0 Å². The Bertz CT molecular complexity index is 625. The van der Waals surface area contributed by atoms with Gasteiger partial charge < -0.3 is 0 Å². The fourth-order valence-electron chi connectivity index (χ4n) is 2.10. The van der Waals surface area contributed by atoms with Crippen LogP contribution in [0.1, 0.15) is 36.2 Å². The van der Waals surface area contributed by atoms with Crippen molar-refractivity contribution in [3.05, 3.63) is 71.1 Å². The monoisotopic (exact) mass is 264 g/mol. The van der Waals surface area contributed by atoms with E-state index < -0.39 is 0 Å². The number of fused-ring (bicyclic) bond motifs is 1. The maximum Gasteiger partial charge on any atom is 0.0655 e. The predicted molar refractivity (Wildman–Crippen MR) is 86.0 cm³/mol. The van der Waals surface area contributed by atoms with Crippen LogP contribution >= 0.6 is 0 Å². The average molecular weight is 264 g/mol. The highest BCUT2D eigenvalue weighted by molar-refractivity contribution is 6.13. The molecule has 3 rings (SSSR count). The number of benzene rings is 1. The van der Waals surface area contributed by atoms with E-state index in [-0.39, 0.29) is 0 Å². The lowest BCUT2D eigenvalue weighted by atomic mass is 10.0. The molecule has 0 saturated carbocycles. The van der Waals surface area contributed by atoms with E-state index in [1.807, 2.05) is 44.2 Å². The molecule has 0 radical (unpaired) electrons. The van der Waals surface area contributed by atoms with Crippen molar-refractivity contribution in [3.63, 3.8) is 0 Å². The van der Waals surface area contributed by atoms with Gasteiger partial charge in [0, 0.05) is 11.8 Å². The highest BCUT2D eigenvalue weighted by Crippen LogP contribution is 2.21. The van der Waals surface area contributed by atoms with Crippen molar-refractivity contribution in [2.45, 2.75) is 27.3 Å². The van der Waals surface area contributed by atoms with Crippen LogP contribution in [0.2, 0.25) is 0 Å². The van der Waals surface area contributed by atoms with Crippen LogP contribution in [-0.2, 0) is 6.54 Å². The normalized spacial score (nSPS) is 12.7. The Kier molecular flexibility index (Phi) is 4.83. The molecular formula is C18H20N2. The highest BCUT2D eigenvalue weighted by atomic mass is 14.8. The van der Waals surface area contributed by atoms with Gasteiger partial charge in [-0.1, -0.05) is 37.6 Å². The minimum absolute atomic E-state index is 0.789. The van der Waals surface area contributed by atoms with Crippen molar-refractivity contribution in [2.75, 3.05) is 0 Å². The van der Waals surface area contributed by atoms with Crippen LogP contribution in [0.3, 0.4) is 0 Å². The third-order valence-corrected chi connectivity index (χ3v) is 3.06. The van der Waals surface area contributed by atoms with Gasteiger partial charge in [0.05, 0.1) is 18.0 Å². The molecule has 2 heteroatoms. The first kappa shape index (κ1) is 14.2. The summed E-state index contributed by atoms with van der Waals surface area (Å²) in [5.41, 5.74) is 5.85. The summed E-state index contributed by atoms with van der Waals surface area (Å²) in [6.07, 6.45) is 5.86. The number of aromatic nitrogens is 1. The Hall–Kier alpha value is -2.22. The summed E-state index contributed by atoms with van der Waals surface area (Å²) >= 11 is 0. The van der Waals surface area contributed by atoms with Crippen LogP contribution in [0, 0.1) is 6.92 Å². The maximum absolute atomic E-state index is 4.56. The molecule has 0 N–H and O–H groups in total. The lowest BCUT2D eigenvalue weighted by Gasteiger charge is -2.00. The van der Waals surface area contributed by atoms with Gasteiger partial charge in [0.15, 0.2) is 0 Å². The van der Waals surface area contributed by atoms with Crippen LogP contribution in [0.4, 0.5) is 0 Å². The quantitative estimate of drug-likeness (QED) is 0.787. The summed E-state index contributed by atoms with van der Waals surface area (Å²) in [6, 6.07) is 12.4. The van der Waals surface area contributed by atoms with E-state index in [2.05, 4.69) is 35.1 Å². The number of hydrogen-bond donors (Lipinski definition) is 0. The second-order valence-corrected chi connectivity index (χ2v) is 4.45. The first-order chi connectivity index (χ1) is 9.83. The number of nitrogens with zero attached hydrogens (tertiary/aromatic N) is 2. The molecule has 1 aromatic carbocycles.